The monoisotopic (exact) mass is 1080 g/mol. The SMILES string of the molecule is CC/C=C\C/C=C\C/C=C\C/C=C\C/C=C\C/C=C\CCCCCCCCCCC(=O)OCC(COC(=O)CCCCCCCCCCCCCCCC)OC(=O)CC/C=C\C/C=C\C/C=C\C/C=C\C/C=C\C/C=C\CC. The summed E-state index contributed by atoms with van der Waals surface area (Å²) >= 11 is 0. The van der Waals surface area contributed by atoms with Gasteiger partial charge in [0.1, 0.15) is 13.2 Å². The summed E-state index contributed by atoms with van der Waals surface area (Å²) in [5.41, 5.74) is 0. The standard InChI is InChI=1S/C72H116O6/c1-4-7-10-13-16-19-22-25-28-30-32-33-34-35-36-37-38-39-41-42-44-47-50-53-56-59-62-65-71(74)77-68-69(67-76-70(73)64-61-58-55-52-49-46-27-24-21-18-15-12-9-6-3)78-72(75)66-63-60-57-54-51-48-45-43-40-31-29-26-23-20-17-14-11-8-5-2/h7-8,10-11,16-17,19-20,25-26,28-29,32-33,35-36,38-40,43,48,51,57,60,69H,4-6,9,12-15,18,21-24,27,30-31,34,37,41-42,44-47,49-50,52-56,58-59,61-68H2,1-3H3/b10-7-,11-8-,19-16-,20-17-,28-25-,29-26-,33-32-,36-35-,39-38-,43-40-,51-48-,60-57-. The lowest BCUT2D eigenvalue weighted by Gasteiger charge is -2.18. The number of ether oxygens (including phenoxy) is 3. The average molecular weight is 1080 g/mol. The van der Waals surface area contributed by atoms with Crippen LogP contribution < -0.4 is 0 Å². The Morgan fingerprint density at radius 2 is 0.526 bits per heavy atom. The van der Waals surface area contributed by atoms with Crippen LogP contribution in [-0.4, -0.2) is 37.2 Å². The summed E-state index contributed by atoms with van der Waals surface area (Å²) in [6, 6.07) is 0. The molecule has 6 heteroatoms. The highest BCUT2D eigenvalue weighted by Crippen LogP contribution is 2.15. The van der Waals surface area contributed by atoms with E-state index in [2.05, 4.69) is 161 Å². The van der Waals surface area contributed by atoms with E-state index in [-0.39, 0.29) is 31.6 Å². The molecule has 0 rings (SSSR count). The number of rotatable bonds is 56. The summed E-state index contributed by atoms with van der Waals surface area (Å²) in [5.74, 6) is -1.01. The summed E-state index contributed by atoms with van der Waals surface area (Å²) < 4.78 is 16.8. The third kappa shape index (κ3) is 62.1. The van der Waals surface area contributed by atoms with E-state index in [0.29, 0.717) is 19.3 Å². The van der Waals surface area contributed by atoms with Crippen molar-refractivity contribution in [3.05, 3.63) is 146 Å². The van der Waals surface area contributed by atoms with Gasteiger partial charge in [-0.2, -0.15) is 0 Å². The van der Waals surface area contributed by atoms with Crippen molar-refractivity contribution in [2.75, 3.05) is 13.2 Å². The Morgan fingerprint density at radius 1 is 0.269 bits per heavy atom. The zero-order valence-corrected chi connectivity index (χ0v) is 50.4. The maximum absolute atomic E-state index is 12.9. The Hall–Kier alpha value is -4.71. The van der Waals surface area contributed by atoms with Gasteiger partial charge >= 0.3 is 17.9 Å². The molecule has 78 heavy (non-hydrogen) atoms. The van der Waals surface area contributed by atoms with Crippen LogP contribution in [0.15, 0.2) is 146 Å². The second-order valence-corrected chi connectivity index (χ2v) is 20.6. The van der Waals surface area contributed by atoms with Gasteiger partial charge in [0.2, 0.25) is 0 Å². The highest BCUT2D eigenvalue weighted by molar-refractivity contribution is 5.71. The van der Waals surface area contributed by atoms with E-state index < -0.39 is 12.1 Å². The lowest BCUT2D eigenvalue weighted by molar-refractivity contribution is -0.166. The molecule has 0 fully saturated rings. The van der Waals surface area contributed by atoms with Crippen molar-refractivity contribution >= 4 is 17.9 Å². The van der Waals surface area contributed by atoms with E-state index >= 15 is 0 Å². The maximum Gasteiger partial charge on any atom is 0.306 e. The van der Waals surface area contributed by atoms with Gasteiger partial charge in [-0.25, -0.2) is 0 Å². The molecule has 6 nitrogen and oxygen atoms in total. The zero-order chi connectivity index (χ0) is 56.4. The van der Waals surface area contributed by atoms with Crippen LogP contribution in [0, 0.1) is 0 Å². The van der Waals surface area contributed by atoms with Crippen molar-refractivity contribution in [1.82, 2.24) is 0 Å². The minimum Gasteiger partial charge on any atom is -0.462 e. The van der Waals surface area contributed by atoms with Gasteiger partial charge in [-0.15, -0.1) is 0 Å². The minimum absolute atomic E-state index is 0.113. The van der Waals surface area contributed by atoms with Crippen molar-refractivity contribution in [3.8, 4) is 0 Å². The molecular weight excluding hydrogens is 961 g/mol. The van der Waals surface area contributed by atoms with Gasteiger partial charge in [0.25, 0.3) is 0 Å². The molecule has 1 atom stereocenters. The molecule has 0 spiro atoms. The molecule has 0 bridgehead atoms. The summed E-state index contributed by atoms with van der Waals surface area (Å²) in [6.07, 6.45) is 92.9. The molecule has 440 valence electrons. The molecule has 0 aromatic heterocycles. The van der Waals surface area contributed by atoms with E-state index in [1.54, 1.807) is 0 Å². The number of carbonyl (C=O) groups excluding carboxylic acids is 3. The molecule has 1 unspecified atom stereocenters. The third-order valence-electron chi connectivity index (χ3n) is 13.1. The second-order valence-electron chi connectivity index (χ2n) is 20.6. The molecule has 0 N–H and O–H groups in total. The maximum atomic E-state index is 12.9. The fourth-order valence-corrected chi connectivity index (χ4v) is 8.41. The second kappa shape index (κ2) is 64.8. The molecule has 0 amide bonds. The van der Waals surface area contributed by atoms with Crippen LogP contribution >= 0.6 is 0 Å². The lowest BCUT2D eigenvalue weighted by atomic mass is 10.0. The summed E-state index contributed by atoms with van der Waals surface area (Å²) in [4.78, 5) is 38.3. The molecule has 0 aliphatic carbocycles. The van der Waals surface area contributed by atoms with Gasteiger partial charge in [0.15, 0.2) is 6.10 Å². The van der Waals surface area contributed by atoms with E-state index in [1.165, 1.54) is 103 Å². The van der Waals surface area contributed by atoms with Gasteiger partial charge in [-0.3, -0.25) is 14.4 Å². The van der Waals surface area contributed by atoms with Crippen LogP contribution in [-0.2, 0) is 28.6 Å². The van der Waals surface area contributed by atoms with Gasteiger partial charge in [0, 0.05) is 19.3 Å². The highest BCUT2D eigenvalue weighted by Gasteiger charge is 2.19. The van der Waals surface area contributed by atoms with Gasteiger partial charge in [0.05, 0.1) is 0 Å². The Morgan fingerprint density at radius 3 is 0.833 bits per heavy atom. The van der Waals surface area contributed by atoms with Crippen LogP contribution in [0.5, 0.6) is 0 Å². The van der Waals surface area contributed by atoms with E-state index in [4.69, 9.17) is 14.2 Å². The van der Waals surface area contributed by atoms with Crippen LogP contribution in [0.2, 0.25) is 0 Å². The Bertz CT molecular complexity index is 1710. The summed E-state index contributed by atoms with van der Waals surface area (Å²) in [5, 5.41) is 0. The van der Waals surface area contributed by atoms with Crippen LogP contribution in [0.3, 0.4) is 0 Å². The fraction of sp³-hybridized carbons (Fsp3) is 0.625. The van der Waals surface area contributed by atoms with Crippen molar-refractivity contribution in [1.29, 1.82) is 0 Å². The molecule has 0 aromatic carbocycles. The topological polar surface area (TPSA) is 78.9 Å². The normalized spacial score (nSPS) is 13.1. The Balaban J connectivity index is 4.46. The molecule has 0 aliphatic rings. The largest absolute Gasteiger partial charge is 0.462 e. The summed E-state index contributed by atoms with van der Waals surface area (Å²) in [6.45, 7) is 6.35. The first kappa shape index (κ1) is 73.3. The number of carbonyl (C=O) groups is 3. The average Bonchev–Trinajstić information content (AvgIpc) is 3.44. The van der Waals surface area contributed by atoms with Crippen LogP contribution in [0.4, 0.5) is 0 Å². The van der Waals surface area contributed by atoms with Crippen molar-refractivity contribution in [3.63, 3.8) is 0 Å². The van der Waals surface area contributed by atoms with Gasteiger partial charge in [-0.1, -0.05) is 289 Å². The molecule has 0 aromatic rings. The first-order valence-corrected chi connectivity index (χ1v) is 31.8. The quantitative estimate of drug-likeness (QED) is 0.0261. The third-order valence-corrected chi connectivity index (χ3v) is 13.1. The zero-order valence-electron chi connectivity index (χ0n) is 50.4. The fourth-order valence-electron chi connectivity index (χ4n) is 8.41. The first-order chi connectivity index (χ1) is 38.5. The summed E-state index contributed by atoms with van der Waals surface area (Å²) in [7, 11) is 0. The molecule has 0 radical (unpaired) electrons. The van der Waals surface area contributed by atoms with Crippen LogP contribution in [0.25, 0.3) is 0 Å². The van der Waals surface area contributed by atoms with Gasteiger partial charge < -0.3 is 14.2 Å². The van der Waals surface area contributed by atoms with Gasteiger partial charge in [-0.05, 0) is 109 Å². The Labute approximate surface area is 480 Å². The van der Waals surface area contributed by atoms with Crippen molar-refractivity contribution in [2.45, 2.75) is 277 Å². The number of hydrogen-bond acceptors (Lipinski definition) is 6. The molecular formula is C72H116O6. The predicted molar refractivity (Wildman–Crippen MR) is 339 cm³/mol. The molecule has 0 heterocycles. The number of unbranched alkanes of at least 4 members (excludes halogenated alkanes) is 21. The highest BCUT2D eigenvalue weighted by atomic mass is 16.6. The number of esters is 3. The minimum atomic E-state index is -0.827. The molecule has 0 saturated heterocycles. The lowest BCUT2D eigenvalue weighted by Crippen LogP contribution is -2.30. The van der Waals surface area contributed by atoms with E-state index in [0.717, 1.165) is 122 Å². The van der Waals surface area contributed by atoms with Crippen molar-refractivity contribution in [2.24, 2.45) is 0 Å². The molecule has 0 saturated carbocycles. The van der Waals surface area contributed by atoms with Crippen molar-refractivity contribution < 1.29 is 28.6 Å². The van der Waals surface area contributed by atoms with E-state index in [1.807, 2.05) is 6.08 Å². The smallest absolute Gasteiger partial charge is 0.306 e. The number of allylic oxidation sites excluding steroid dienone is 24. The Kier molecular flexibility index (Phi) is 60.9. The van der Waals surface area contributed by atoms with E-state index in [9.17, 15) is 14.4 Å². The molecule has 0 aliphatic heterocycles. The van der Waals surface area contributed by atoms with Crippen LogP contribution in [0.1, 0.15) is 271 Å². The first-order valence-electron chi connectivity index (χ1n) is 31.8. The predicted octanol–water partition coefficient (Wildman–Crippen LogP) is 21.9. The number of hydrogen-bond donors (Lipinski definition) is 0.